The predicted molar refractivity (Wildman–Crippen MR) is 112 cm³/mol. The van der Waals surface area contributed by atoms with Crippen molar-refractivity contribution in [1.82, 2.24) is 4.98 Å². The molecule has 0 radical (unpaired) electrons. The Kier molecular flexibility index (Phi) is 6.64. The third kappa shape index (κ3) is 4.88. The van der Waals surface area contributed by atoms with E-state index < -0.39 is 0 Å². The largest absolute Gasteiger partial charge is 0.493 e. The van der Waals surface area contributed by atoms with Crippen LogP contribution < -0.4 is 14.8 Å². The fraction of sp³-hybridized carbons (Fsp3) is 0.200. The van der Waals surface area contributed by atoms with Crippen molar-refractivity contribution in [3.63, 3.8) is 0 Å². The SMILES string of the molecule is COc1cc(Br)c(CCC(=O)Nc2nc(-c3ccc(F)cc3)cs2)cc1OC. The summed E-state index contributed by atoms with van der Waals surface area (Å²) in [6.07, 6.45) is 0.822. The van der Waals surface area contributed by atoms with E-state index in [-0.39, 0.29) is 11.7 Å². The average Bonchev–Trinajstić information content (AvgIpc) is 3.15. The summed E-state index contributed by atoms with van der Waals surface area (Å²) in [5.41, 5.74) is 2.44. The Morgan fingerprint density at radius 2 is 1.86 bits per heavy atom. The van der Waals surface area contributed by atoms with Crippen LogP contribution in [0.4, 0.5) is 9.52 Å². The van der Waals surface area contributed by atoms with Crippen molar-refractivity contribution in [1.29, 1.82) is 0 Å². The second-order valence-electron chi connectivity index (χ2n) is 5.89. The molecule has 0 saturated heterocycles. The van der Waals surface area contributed by atoms with E-state index in [1.165, 1.54) is 23.5 Å². The molecular weight excluding hydrogens is 447 g/mol. The first-order valence-electron chi connectivity index (χ1n) is 8.42. The van der Waals surface area contributed by atoms with Crippen LogP contribution in [-0.2, 0) is 11.2 Å². The van der Waals surface area contributed by atoms with Crippen LogP contribution in [0.1, 0.15) is 12.0 Å². The summed E-state index contributed by atoms with van der Waals surface area (Å²) in [6, 6.07) is 9.76. The van der Waals surface area contributed by atoms with Gasteiger partial charge >= 0.3 is 0 Å². The van der Waals surface area contributed by atoms with Gasteiger partial charge in [-0.1, -0.05) is 15.9 Å². The van der Waals surface area contributed by atoms with Crippen molar-refractivity contribution < 1.29 is 18.7 Å². The molecule has 1 heterocycles. The van der Waals surface area contributed by atoms with Gasteiger partial charge in [-0.25, -0.2) is 9.37 Å². The number of methoxy groups -OCH3 is 2. The first-order valence-corrected chi connectivity index (χ1v) is 10.1. The van der Waals surface area contributed by atoms with Gasteiger partial charge in [0, 0.05) is 21.8 Å². The first-order chi connectivity index (χ1) is 13.5. The smallest absolute Gasteiger partial charge is 0.226 e. The molecule has 0 saturated carbocycles. The van der Waals surface area contributed by atoms with E-state index in [2.05, 4.69) is 26.2 Å². The number of carbonyl (C=O) groups excluding carboxylic acids is 1. The lowest BCUT2D eigenvalue weighted by atomic mass is 10.1. The molecule has 2 aromatic carbocycles. The number of nitrogens with one attached hydrogen (secondary N) is 1. The highest BCUT2D eigenvalue weighted by Crippen LogP contribution is 2.34. The maximum absolute atomic E-state index is 13.0. The molecule has 0 aliphatic heterocycles. The van der Waals surface area contributed by atoms with Gasteiger partial charge in [-0.05, 0) is 48.4 Å². The van der Waals surface area contributed by atoms with E-state index >= 15 is 0 Å². The second-order valence-corrected chi connectivity index (χ2v) is 7.60. The highest BCUT2D eigenvalue weighted by Gasteiger charge is 2.13. The number of amides is 1. The third-order valence-electron chi connectivity index (χ3n) is 4.06. The summed E-state index contributed by atoms with van der Waals surface area (Å²) in [6.45, 7) is 0. The van der Waals surface area contributed by atoms with Gasteiger partial charge in [0.15, 0.2) is 16.6 Å². The monoisotopic (exact) mass is 464 g/mol. The van der Waals surface area contributed by atoms with E-state index in [4.69, 9.17) is 9.47 Å². The zero-order valence-corrected chi connectivity index (χ0v) is 17.7. The van der Waals surface area contributed by atoms with Crippen molar-refractivity contribution >= 4 is 38.3 Å². The Bertz CT molecular complexity index is 976. The number of hydrogen-bond donors (Lipinski definition) is 1. The summed E-state index contributed by atoms with van der Waals surface area (Å²) >= 11 is 4.83. The van der Waals surface area contributed by atoms with E-state index in [0.717, 1.165) is 15.6 Å². The molecule has 3 rings (SSSR count). The number of carbonyl (C=O) groups is 1. The van der Waals surface area contributed by atoms with Gasteiger partial charge < -0.3 is 14.8 Å². The number of nitrogens with zero attached hydrogens (tertiary/aromatic N) is 1. The molecule has 0 spiro atoms. The molecule has 0 fully saturated rings. The van der Waals surface area contributed by atoms with Crippen molar-refractivity contribution in [3.8, 4) is 22.8 Å². The number of halogens is 2. The summed E-state index contributed by atoms with van der Waals surface area (Å²) in [7, 11) is 3.15. The molecule has 0 aliphatic carbocycles. The number of rotatable bonds is 7. The maximum Gasteiger partial charge on any atom is 0.226 e. The normalized spacial score (nSPS) is 10.6. The van der Waals surface area contributed by atoms with Crippen LogP contribution >= 0.6 is 27.3 Å². The number of anilines is 1. The number of aryl methyl sites for hydroxylation is 1. The summed E-state index contributed by atoms with van der Waals surface area (Å²) in [5, 5.41) is 5.14. The van der Waals surface area contributed by atoms with Gasteiger partial charge in [-0.15, -0.1) is 11.3 Å². The molecule has 8 heteroatoms. The molecule has 0 atom stereocenters. The molecule has 5 nitrogen and oxygen atoms in total. The zero-order chi connectivity index (χ0) is 20.1. The number of aromatic nitrogens is 1. The predicted octanol–water partition coefficient (Wildman–Crippen LogP) is 5.30. The Labute approximate surface area is 174 Å². The summed E-state index contributed by atoms with van der Waals surface area (Å²) < 4.78 is 24.5. The van der Waals surface area contributed by atoms with Gasteiger partial charge in [0.05, 0.1) is 19.9 Å². The van der Waals surface area contributed by atoms with Gasteiger partial charge in [0.25, 0.3) is 0 Å². The van der Waals surface area contributed by atoms with Crippen molar-refractivity contribution in [2.24, 2.45) is 0 Å². The van der Waals surface area contributed by atoms with Crippen molar-refractivity contribution in [3.05, 3.63) is 57.6 Å². The third-order valence-corrected chi connectivity index (χ3v) is 5.56. The molecule has 28 heavy (non-hydrogen) atoms. The van der Waals surface area contributed by atoms with Crippen LogP contribution in [0.3, 0.4) is 0 Å². The Balaban J connectivity index is 1.61. The molecule has 1 amide bonds. The molecule has 3 aromatic rings. The van der Waals surface area contributed by atoms with Crippen LogP contribution in [0.15, 0.2) is 46.3 Å². The minimum atomic E-state index is -0.297. The molecule has 1 N–H and O–H groups in total. The lowest BCUT2D eigenvalue weighted by Gasteiger charge is -2.11. The fourth-order valence-electron chi connectivity index (χ4n) is 2.60. The van der Waals surface area contributed by atoms with E-state index in [0.29, 0.717) is 35.2 Å². The Morgan fingerprint density at radius 3 is 2.54 bits per heavy atom. The minimum Gasteiger partial charge on any atom is -0.493 e. The lowest BCUT2D eigenvalue weighted by Crippen LogP contribution is -2.12. The van der Waals surface area contributed by atoms with E-state index in [1.54, 1.807) is 26.4 Å². The number of ether oxygens (including phenoxy) is 2. The number of thiazole rings is 1. The van der Waals surface area contributed by atoms with Crippen LogP contribution in [0, 0.1) is 5.82 Å². The van der Waals surface area contributed by atoms with Gasteiger partial charge in [0.1, 0.15) is 5.82 Å². The Morgan fingerprint density at radius 1 is 1.18 bits per heavy atom. The average molecular weight is 465 g/mol. The van der Waals surface area contributed by atoms with Gasteiger partial charge in [-0.3, -0.25) is 4.79 Å². The van der Waals surface area contributed by atoms with Gasteiger partial charge in [0.2, 0.25) is 5.91 Å². The van der Waals surface area contributed by atoms with Crippen molar-refractivity contribution in [2.45, 2.75) is 12.8 Å². The number of benzene rings is 2. The van der Waals surface area contributed by atoms with E-state index in [1.807, 2.05) is 17.5 Å². The molecular formula is C20H18BrFN2O3S. The topological polar surface area (TPSA) is 60.5 Å². The fourth-order valence-corrected chi connectivity index (χ4v) is 3.86. The van der Waals surface area contributed by atoms with E-state index in [9.17, 15) is 9.18 Å². The lowest BCUT2D eigenvalue weighted by molar-refractivity contribution is -0.116. The molecule has 0 bridgehead atoms. The highest BCUT2D eigenvalue weighted by molar-refractivity contribution is 9.10. The van der Waals surface area contributed by atoms with Crippen molar-refractivity contribution in [2.75, 3.05) is 19.5 Å². The summed E-state index contributed by atoms with van der Waals surface area (Å²) in [4.78, 5) is 16.7. The molecule has 0 unspecified atom stereocenters. The van der Waals surface area contributed by atoms with Crippen LogP contribution in [0.25, 0.3) is 11.3 Å². The molecule has 0 aliphatic rings. The number of hydrogen-bond acceptors (Lipinski definition) is 5. The quantitative estimate of drug-likeness (QED) is 0.515. The van der Waals surface area contributed by atoms with Crippen LogP contribution in [0.5, 0.6) is 11.5 Å². The summed E-state index contributed by atoms with van der Waals surface area (Å²) in [5.74, 6) is 0.805. The standard InChI is InChI=1S/C20H18BrFN2O3S/c1-26-17-9-13(15(21)10-18(17)27-2)5-8-19(25)24-20-23-16(11-28-20)12-3-6-14(22)7-4-12/h3-4,6-7,9-11H,5,8H2,1-2H3,(H,23,24,25). The molecule has 1 aromatic heterocycles. The molecule has 146 valence electrons. The highest BCUT2D eigenvalue weighted by atomic mass is 79.9. The first kappa shape index (κ1) is 20.3. The zero-order valence-electron chi connectivity index (χ0n) is 15.3. The van der Waals surface area contributed by atoms with Gasteiger partial charge in [-0.2, -0.15) is 0 Å². The van der Waals surface area contributed by atoms with Crippen LogP contribution in [-0.4, -0.2) is 25.1 Å². The Hall–Kier alpha value is -2.45. The van der Waals surface area contributed by atoms with Crippen LogP contribution in [0.2, 0.25) is 0 Å². The second kappa shape index (κ2) is 9.16. The maximum atomic E-state index is 13.0. The minimum absolute atomic E-state index is 0.137.